The number of hydrogen-bond donors (Lipinski definition) is 0. The minimum atomic E-state index is -0.0902. The molecule has 0 unspecified atom stereocenters. The Bertz CT molecular complexity index is 2700. The Balaban J connectivity index is 1.23. The molecule has 47 heavy (non-hydrogen) atoms. The van der Waals surface area contributed by atoms with Gasteiger partial charge >= 0.3 is 0 Å². The molecule has 222 valence electrons. The minimum Gasteiger partial charge on any atom is -0.452 e. The lowest BCUT2D eigenvalue weighted by atomic mass is 9.82. The Hall–Kier alpha value is -6.00. The van der Waals surface area contributed by atoms with Crippen LogP contribution in [0.5, 0.6) is 0 Å². The highest BCUT2D eigenvalue weighted by atomic mass is 16.3. The first-order chi connectivity index (χ1) is 23.1. The van der Waals surface area contributed by atoms with Crippen molar-refractivity contribution in [2.75, 3.05) is 0 Å². The van der Waals surface area contributed by atoms with Crippen LogP contribution in [0.25, 0.3) is 83.3 Å². The van der Waals surface area contributed by atoms with E-state index in [4.69, 9.17) is 14.4 Å². The Morgan fingerprint density at radius 3 is 2.11 bits per heavy atom. The average Bonchev–Trinajstić information content (AvgIpc) is 3.73. The summed E-state index contributed by atoms with van der Waals surface area (Å²) in [6, 6.07) is 49.3. The van der Waals surface area contributed by atoms with Crippen LogP contribution < -0.4 is 0 Å². The van der Waals surface area contributed by atoms with Crippen LogP contribution in [0.2, 0.25) is 0 Å². The first kappa shape index (κ1) is 26.2. The third-order valence-corrected chi connectivity index (χ3v) is 10.0. The molecule has 10 rings (SSSR count). The molecule has 6 aromatic carbocycles. The molecule has 0 atom stereocenters. The van der Waals surface area contributed by atoms with E-state index in [9.17, 15) is 0 Å². The van der Waals surface area contributed by atoms with Gasteiger partial charge in [0.25, 0.3) is 0 Å². The van der Waals surface area contributed by atoms with E-state index in [0.717, 1.165) is 39.0 Å². The lowest BCUT2D eigenvalue weighted by Gasteiger charge is -2.21. The van der Waals surface area contributed by atoms with E-state index >= 15 is 0 Å². The summed E-state index contributed by atoms with van der Waals surface area (Å²) in [5.41, 5.74) is 13.8. The fourth-order valence-electron chi connectivity index (χ4n) is 7.72. The average molecular weight is 604 g/mol. The van der Waals surface area contributed by atoms with Gasteiger partial charge in [-0.15, -0.1) is 0 Å². The molecule has 0 amide bonds. The van der Waals surface area contributed by atoms with E-state index in [1.807, 2.05) is 36.4 Å². The van der Waals surface area contributed by atoms with Crippen molar-refractivity contribution in [3.05, 3.63) is 151 Å². The third kappa shape index (κ3) is 3.70. The second kappa shape index (κ2) is 9.51. The van der Waals surface area contributed by atoms with Crippen LogP contribution >= 0.6 is 0 Å². The number of rotatable bonds is 3. The molecule has 1 aliphatic carbocycles. The molecule has 0 fully saturated rings. The van der Waals surface area contributed by atoms with Crippen LogP contribution in [-0.4, -0.2) is 14.5 Å². The number of hydrogen-bond acceptors (Lipinski definition) is 3. The van der Waals surface area contributed by atoms with Gasteiger partial charge in [0.1, 0.15) is 16.8 Å². The highest BCUT2D eigenvalue weighted by molar-refractivity contribution is 6.12. The summed E-state index contributed by atoms with van der Waals surface area (Å²) in [5.74, 6) is 0.684. The Kier molecular flexibility index (Phi) is 5.31. The second-order valence-corrected chi connectivity index (χ2v) is 13.0. The summed E-state index contributed by atoms with van der Waals surface area (Å²) in [7, 11) is 0. The molecule has 0 bridgehead atoms. The van der Waals surface area contributed by atoms with Crippen molar-refractivity contribution in [1.82, 2.24) is 14.5 Å². The topological polar surface area (TPSA) is 43.9 Å². The largest absolute Gasteiger partial charge is 0.452 e. The van der Waals surface area contributed by atoms with Gasteiger partial charge in [-0.05, 0) is 52.6 Å². The molecular formula is C43H29N3O. The maximum absolute atomic E-state index is 6.70. The standard InChI is InChI=1S/C43H29N3O/c1-43(2)34-19-11-9-17-29(34)32-24-33-30-18-10-12-20-36(30)46(37(33)25-35(32)43)28-21-22-31-38(23-28)47-41-39(26-13-5-3-6-14-26)44-42(45-40(31)41)27-15-7-4-8-16-27/h3-25H,1-2H3. The van der Waals surface area contributed by atoms with Gasteiger partial charge in [-0.3, -0.25) is 0 Å². The van der Waals surface area contributed by atoms with Crippen LogP contribution in [0, 0.1) is 0 Å². The molecule has 0 N–H and O–H groups in total. The van der Waals surface area contributed by atoms with Crippen molar-refractivity contribution >= 4 is 43.9 Å². The van der Waals surface area contributed by atoms with E-state index in [0.29, 0.717) is 11.4 Å². The Morgan fingerprint density at radius 1 is 0.553 bits per heavy atom. The summed E-state index contributed by atoms with van der Waals surface area (Å²) in [5, 5.41) is 3.46. The highest BCUT2D eigenvalue weighted by Gasteiger charge is 2.36. The predicted octanol–water partition coefficient (Wildman–Crippen LogP) is 11.1. The Labute approximate surface area is 271 Å². The van der Waals surface area contributed by atoms with E-state index in [1.54, 1.807) is 0 Å². The summed E-state index contributed by atoms with van der Waals surface area (Å²) < 4.78 is 9.09. The van der Waals surface area contributed by atoms with Crippen molar-refractivity contribution in [3.8, 4) is 39.5 Å². The van der Waals surface area contributed by atoms with Gasteiger partial charge in [0.2, 0.25) is 0 Å². The normalized spacial score (nSPS) is 13.5. The maximum atomic E-state index is 6.70. The predicted molar refractivity (Wildman–Crippen MR) is 192 cm³/mol. The molecular weight excluding hydrogens is 574 g/mol. The first-order valence-electron chi connectivity index (χ1n) is 16.1. The van der Waals surface area contributed by atoms with Crippen molar-refractivity contribution in [1.29, 1.82) is 0 Å². The molecule has 0 spiro atoms. The fourth-order valence-corrected chi connectivity index (χ4v) is 7.72. The second-order valence-electron chi connectivity index (χ2n) is 13.0. The number of fused-ring (bicyclic) bond motifs is 9. The number of para-hydroxylation sites is 1. The molecule has 4 heteroatoms. The summed E-state index contributed by atoms with van der Waals surface area (Å²) >= 11 is 0. The van der Waals surface area contributed by atoms with Crippen LogP contribution in [0.1, 0.15) is 25.0 Å². The summed E-state index contributed by atoms with van der Waals surface area (Å²) in [6.07, 6.45) is 0. The smallest absolute Gasteiger partial charge is 0.180 e. The highest BCUT2D eigenvalue weighted by Crippen LogP contribution is 2.51. The third-order valence-electron chi connectivity index (χ3n) is 10.0. The van der Waals surface area contributed by atoms with Gasteiger partial charge in [-0.2, -0.15) is 0 Å². The van der Waals surface area contributed by atoms with Crippen molar-refractivity contribution in [2.45, 2.75) is 19.3 Å². The van der Waals surface area contributed by atoms with Gasteiger partial charge in [-0.1, -0.05) is 117 Å². The molecule has 0 saturated heterocycles. The molecule has 0 radical (unpaired) electrons. The lowest BCUT2D eigenvalue weighted by Crippen LogP contribution is -2.14. The van der Waals surface area contributed by atoms with E-state index in [2.05, 4.69) is 122 Å². The molecule has 3 aromatic heterocycles. The fraction of sp³-hybridized carbons (Fsp3) is 0.0698. The number of nitrogens with zero attached hydrogens (tertiary/aromatic N) is 3. The zero-order valence-corrected chi connectivity index (χ0v) is 26.0. The number of benzene rings is 6. The van der Waals surface area contributed by atoms with Gasteiger partial charge in [0, 0.05) is 44.5 Å². The first-order valence-corrected chi connectivity index (χ1v) is 16.1. The monoisotopic (exact) mass is 603 g/mol. The van der Waals surface area contributed by atoms with Crippen LogP contribution in [-0.2, 0) is 5.41 Å². The summed E-state index contributed by atoms with van der Waals surface area (Å²) in [4.78, 5) is 10.1. The quantitative estimate of drug-likeness (QED) is 0.202. The van der Waals surface area contributed by atoms with Gasteiger partial charge < -0.3 is 8.98 Å². The molecule has 0 aliphatic heterocycles. The minimum absolute atomic E-state index is 0.0902. The maximum Gasteiger partial charge on any atom is 0.180 e. The zero-order valence-electron chi connectivity index (χ0n) is 26.0. The Morgan fingerprint density at radius 2 is 1.28 bits per heavy atom. The number of aromatic nitrogens is 3. The van der Waals surface area contributed by atoms with Gasteiger partial charge in [-0.25, -0.2) is 9.97 Å². The molecule has 3 heterocycles. The van der Waals surface area contributed by atoms with Crippen LogP contribution in [0.15, 0.2) is 144 Å². The lowest BCUT2D eigenvalue weighted by molar-refractivity contribution is 0.661. The van der Waals surface area contributed by atoms with Gasteiger partial charge in [0.05, 0.1) is 11.0 Å². The summed E-state index contributed by atoms with van der Waals surface area (Å²) in [6.45, 7) is 4.68. The van der Waals surface area contributed by atoms with Crippen molar-refractivity contribution in [3.63, 3.8) is 0 Å². The zero-order chi connectivity index (χ0) is 31.3. The van der Waals surface area contributed by atoms with E-state index in [-0.39, 0.29) is 5.41 Å². The van der Waals surface area contributed by atoms with Crippen LogP contribution in [0.3, 0.4) is 0 Å². The van der Waals surface area contributed by atoms with Crippen molar-refractivity contribution in [2.24, 2.45) is 0 Å². The van der Waals surface area contributed by atoms with Crippen LogP contribution in [0.4, 0.5) is 0 Å². The molecule has 9 aromatic rings. The van der Waals surface area contributed by atoms with E-state index in [1.165, 1.54) is 44.1 Å². The van der Waals surface area contributed by atoms with E-state index < -0.39 is 0 Å². The SMILES string of the molecule is CC1(C)c2ccccc2-c2cc3c4ccccc4n(-c4ccc5c(c4)oc4c(-c6ccccc6)nc(-c6ccccc6)nc45)c3cc21. The van der Waals surface area contributed by atoms with Crippen molar-refractivity contribution < 1.29 is 4.42 Å². The molecule has 4 nitrogen and oxygen atoms in total. The molecule has 1 aliphatic rings. The molecule has 0 saturated carbocycles. The number of furan rings is 1. The van der Waals surface area contributed by atoms with Gasteiger partial charge in [0.15, 0.2) is 11.4 Å².